The number of likely N-dealkylation sites (tertiary alicyclic amines) is 1. The molecule has 1 aromatic carbocycles. The highest BCUT2D eigenvalue weighted by Gasteiger charge is 2.40. The number of rotatable bonds is 4. The molecular weight excluding hydrogens is 304 g/mol. The van der Waals surface area contributed by atoms with Crippen LogP contribution in [0.1, 0.15) is 37.0 Å². The van der Waals surface area contributed by atoms with Crippen LogP contribution >= 0.6 is 0 Å². The number of nitrogens with one attached hydrogen (secondary N) is 2. The summed E-state index contributed by atoms with van der Waals surface area (Å²) < 4.78 is 0. The molecule has 24 heavy (non-hydrogen) atoms. The Labute approximate surface area is 143 Å². The fourth-order valence-corrected chi connectivity index (χ4v) is 3.57. The summed E-state index contributed by atoms with van der Waals surface area (Å²) in [6.07, 6.45) is 1.58. The lowest BCUT2D eigenvalue weighted by atomic mass is 9.92. The normalized spacial score (nSPS) is 19.3. The molecule has 1 aromatic rings. The van der Waals surface area contributed by atoms with E-state index in [1.165, 1.54) is 0 Å². The molecule has 3 rings (SSSR count). The van der Waals surface area contributed by atoms with Crippen molar-refractivity contribution >= 4 is 17.5 Å². The summed E-state index contributed by atoms with van der Waals surface area (Å²) in [5.41, 5.74) is 1.20. The maximum absolute atomic E-state index is 12.4. The van der Waals surface area contributed by atoms with Crippen molar-refractivity contribution in [3.05, 3.63) is 29.8 Å². The molecule has 0 unspecified atom stereocenters. The number of anilines is 1. The monoisotopic (exact) mass is 330 g/mol. The van der Waals surface area contributed by atoms with Crippen LogP contribution in [0.5, 0.6) is 0 Å². The van der Waals surface area contributed by atoms with Gasteiger partial charge in [0.15, 0.2) is 0 Å². The van der Waals surface area contributed by atoms with Gasteiger partial charge in [-0.3, -0.25) is 14.5 Å². The molecule has 0 radical (unpaired) electrons. The van der Waals surface area contributed by atoms with Gasteiger partial charge in [-0.15, -0.1) is 0 Å². The molecule has 0 atom stereocenters. The third kappa shape index (κ3) is 3.24. The fourth-order valence-electron chi connectivity index (χ4n) is 3.57. The number of carbonyl (C=O) groups is 2. The minimum atomic E-state index is -0.389. The molecule has 0 aliphatic carbocycles. The first kappa shape index (κ1) is 16.8. The Kier molecular flexibility index (Phi) is 4.76. The molecule has 6 nitrogen and oxygen atoms in total. The van der Waals surface area contributed by atoms with Crippen LogP contribution in [-0.2, 0) is 4.79 Å². The summed E-state index contributed by atoms with van der Waals surface area (Å²) in [5.74, 6) is 0.166. The molecule has 2 aliphatic heterocycles. The first-order chi connectivity index (χ1) is 11.6. The zero-order chi connectivity index (χ0) is 17.2. The van der Waals surface area contributed by atoms with Crippen molar-refractivity contribution in [1.29, 1.82) is 0 Å². The number of benzene rings is 1. The number of hydrogen-bond acceptors (Lipinski definition) is 4. The van der Waals surface area contributed by atoms with Crippen molar-refractivity contribution in [3.8, 4) is 0 Å². The fraction of sp³-hybridized carbons (Fsp3) is 0.556. The summed E-state index contributed by atoms with van der Waals surface area (Å²) in [5, 5.41) is 6.64. The van der Waals surface area contributed by atoms with E-state index in [-0.39, 0.29) is 17.5 Å². The zero-order valence-electron chi connectivity index (χ0n) is 14.5. The van der Waals surface area contributed by atoms with Crippen LogP contribution in [0.4, 0.5) is 5.69 Å². The van der Waals surface area contributed by atoms with E-state index in [1.807, 2.05) is 43.0 Å². The second-order valence-corrected chi connectivity index (χ2v) is 6.55. The molecule has 1 fully saturated rings. The Balaban J connectivity index is 1.61. The van der Waals surface area contributed by atoms with E-state index < -0.39 is 0 Å². The number of amides is 2. The Morgan fingerprint density at radius 1 is 1.17 bits per heavy atom. The predicted molar refractivity (Wildman–Crippen MR) is 93.9 cm³/mol. The predicted octanol–water partition coefficient (Wildman–Crippen LogP) is 1.50. The molecule has 0 saturated carbocycles. The number of nitrogens with zero attached hydrogens (tertiary/aromatic N) is 2. The van der Waals surface area contributed by atoms with E-state index in [1.54, 1.807) is 0 Å². The second kappa shape index (κ2) is 6.81. The standard InChI is InChI=1S/C18H26N4O2/c1-3-22(4-2)16(23)13-21-11-9-18(10-12-21)19-15-8-6-5-7-14(15)17(24)20-18/h5-8,19H,3-4,9-13H2,1-2H3,(H,20,24). The van der Waals surface area contributed by atoms with Gasteiger partial charge < -0.3 is 15.5 Å². The molecule has 2 aliphatic rings. The van der Waals surface area contributed by atoms with Gasteiger partial charge in [0.25, 0.3) is 5.91 Å². The van der Waals surface area contributed by atoms with E-state index in [0.717, 1.165) is 44.7 Å². The van der Waals surface area contributed by atoms with Crippen LogP contribution in [0.3, 0.4) is 0 Å². The lowest BCUT2D eigenvalue weighted by Crippen LogP contribution is -2.62. The summed E-state index contributed by atoms with van der Waals surface area (Å²) in [6, 6.07) is 7.60. The Hall–Kier alpha value is -2.08. The van der Waals surface area contributed by atoms with Gasteiger partial charge in [0.05, 0.1) is 12.1 Å². The number of hydrogen-bond donors (Lipinski definition) is 2. The molecule has 2 heterocycles. The summed E-state index contributed by atoms with van der Waals surface area (Å²) in [4.78, 5) is 28.7. The molecule has 6 heteroatoms. The van der Waals surface area contributed by atoms with Crippen LogP contribution in [0.25, 0.3) is 0 Å². The third-order valence-electron chi connectivity index (χ3n) is 5.08. The maximum atomic E-state index is 12.4. The maximum Gasteiger partial charge on any atom is 0.255 e. The minimum absolute atomic E-state index is 0.0167. The van der Waals surface area contributed by atoms with Gasteiger partial charge in [0, 0.05) is 44.7 Å². The van der Waals surface area contributed by atoms with Gasteiger partial charge in [-0.1, -0.05) is 12.1 Å². The van der Waals surface area contributed by atoms with E-state index in [4.69, 9.17) is 0 Å². The SMILES string of the molecule is CCN(CC)C(=O)CN1CCC2(CC1)NC(=O)c1ccccc1N2. The van der Waals surface area contributed by atoms with E-state index in [2.05, 4.69) is 15.5 Å². The molecular formula is C18H26N4O2. The molecule has 2 N–H and O–H groups in total. The molecule has 1 saturated heterocycles. The smallest absolute Gasteiger partial charge is 0.255 e. The van der Waals surface area contributed by atoms with Crippen LogP contribution in [0.15, 0.2) is 24.3 Å². The summed E-state index contributed by atoms with van der Waals surface area (Å²) in [7, 11) is 0. The number of para-hydroxylation sites is 1. The average Bonchev–Trinajstić information content (AvgIpc) is 2.58. The van der Waals surface area contributed by atoms with E-state index in [0.29, 0.717) is 12.1 Å². The number of carbonyl (C=O) groups excluding carboxylic acids is 2. The van der Waals surface area contributed by atoms with Crippen molar-refractivity contribution < 1.29 is 9.59 Å². The number of likely N-dealkylation sites (N-methyl/N-ethyl adjacent to an activating group) is 1. The van der Waals surface area contributed by atoms with Crippen molar-refractivity contribution in [2.24, 2.45) is 0 Å². The number of piperidine rings is 1. The van der Waals surface area contributed by atoms with Crippen LogP contribution in [0.2, 0.25) is 0 Å². The van der Waals surface area contributed by atoms with E-state index in [9.17, 15) is 9.59 Å². The van der Waals surface area contributed by atoms with Crippen LogP contribution < -0.4 is 10.6 Å². The minimum Gasteiger partial charge on any atom is -0.362 e. The summed E-state index contributed by atoms with van der Waals surface area (Å²) in [6.45, 7) is 7.56. The van der Waals surface area contributed by atoms with Gasteiger partial charge in [0.2, 0.25) is 5.91 Å². The highest BCUT2D eigenvalue weighted by molar-refractivity contribution is 6.02. The highest BCUT2D eigenvalue weighted by atomic mass is 16.2. The number of fused-ring (bicyclic) bond motifs is 1. The van der Waals surface area contributed by atoms with Crippen molar-refractivity contribution in [2.45, 2.75) is 32.4 Å². The highest BCUT2D eigenvalue weighted by Crippen LogP contribution is 2.31. The van der Waals surface area contributed by atoms with Crippen LogP contribution in [0, 0.1) is 0 Å². The third-order valence-corrected chi connectivity index (χ3v) is 5.08. The molecule has 0 bridgehead atoms. The molecule has 0 aromatic heterocycles. The van der Waals surface area contributed by atoms with Crippen molar-refractivity contribution in [3.63, 3.8) is 0 Å². The zero-order valence-corrected chi connectivity index (χ0v) is 14.5. The second-order valence-electron chi connectivity index (χ2n) is 6.55. The molecule has 2 amide bonds. The van der Waals surface area contributed by atoms with Gasteiger partial charge in [-0.05, 0) is 26.0 Å². The van der Waals surface area contributed by atoms with Gasteiger partial charge in [-0.2, -0.15) is 0 Å². The lowest BCUT2D eigenvalue weighted by molar-refractivity contribution is -0.132. The largest absolute Gasteiger partial charge is 0.362 e. The van der Waals surface area contributed by atoms with Gasteiger partial charge >= 0.3 is 0 Å². The van der Waals surface area contributed by atoms with Gasteiger partial charge in [0.1, 0.15) is 5.66 Å². The quantitative estimate of drug-likeness (QED) is 0.878. The Bertz CT molecular complexity index is 619. The lowest BCUT2D eigenvalue weighted by Gasteiger charge is -2.46. The van der Waals surface area contributed by atoms with Gasteiger partial charge in [-0.25, -0.2) is 0 Å². The molecule has 1 spiro atoms. The average molecular weight is 330 g/mol. The first-order valence-electron chi connectivity index (χ1n) is 8.77. The van der Waals surface area contributed by atoms with Crippen LogP contribution in [-0.4, -0.2) is 60.0 Å². The topological polar surface area (TPSA) is 64.7 Å². The molecule has 130 valence electrons. The summed E-state index contributed by atoms with van der Waals surface area (Å²) >= 11 is 0. The van der Waals surface area contributed by atoms with Crippen molar-refractivity contribution in [1.82, 2.24) is 15.1 Å². The van der Waals surface area contributed by atoms with Crippen molar-refractivity contribution in [2.75, 3.05) is 38.0 Å². The Morgan fingerprint density at radius 3 is 2.50 bits per heavy atom. The van der Waals surface area contributed by atoms with E-state index >= 15 is 0 Å². The first-order valence-corrected chi connectivity index (χ1v) is 8.77. The Morgan fingerprint density at radius 2 is 1.83 bits per heavy atom.